The Balaban J connectivity index is 1.87. The van der Waals surface area contributed by atoms with Crippen LogP contribution in [-0.4, -0.2) is 38.8 Å². The van der Waals surface area contributed by atoms with E-state index in [1.165, 1.54) is 31.0 Å². The first-order valence-corrected chi connectivity index (χ1v) is 8.42. The number of aromatic hydroxyl groups is 1. The molecule has 0 aliphatic heterocycles. The van der Waals surface area contributed by atoms with Crippen LogP contribution in [0.5, 0.6) is 17.5 Å². The van der Waals surface area contributed by atoms with Crippen LogP contribution < -0.4 is 9.47 Å². The maximum Gasteiger partial charge on any atom is 0.256 e. The van der Waals surface area contributed by atoms with Gasteiger partial charge in [0.05, 0.1) is 48.9 Å². The molecule has 4 aromatic rings. The predicted octanol–water partition coefficient (Wildman–Crippen LogP) is 3.65. The molecule has 0 radical (unpaired) electrons. The number of methoxy groups -OCH3 is 2. The Morgan fingerprint density at radius 3 is 2.61 bits per heavy atom. The van der Waals surface area contributed by atoms with Crippen molar-refractivity contribution in [1.82, 2.24) is 19.5 Å². The highest BCUT2D eigenvalue weighted by molar-refractivity contribution is 5.90. The molecule has 4 aromatic heterocycles. The summed E-state index contributed by atoms with van der Waals surface area (Å²) in [4.78, 5) is 12.7. The van der Waals surface area contributed by atoms with Crippen molar-refractivity contribution in [2.45, 2.75) is 6.92 Å². The first-order valence-electron chi connectivity index (χ1n) is 8.42. The van der Waals surface area contributed by atoms with E-state index in [1.807, 2.05) is 13.0 Å². The van der Waals surface area contributed by atoms with Gasteiger partial charge in [-0.1, -0.05) is 0 Å². The zero-order chi connectivity index (χ0) is 19.8. The Kier molecular flexibility index (Phi) is 4.31. The average molecular weight is 380 g/mol. The second kappa shape index (κ2) is 6.80. The average Bonchev–Trinajstić information content (AvgIpc) is 3.04. The fourth-order valence-electron chi connectivity index (χ4n) is 3.13. The summed E-state index contributed by atoms with van der Waals surface area (Å²) in [5.74, 6) is 0.359. The van der Waals surface area contributed by atoms with E-state index in [4.69, 9.17) is 9.47 Å². The lowest BCUT2D eigenvalue weighted by atomic mass is 10.1. The Hall–Kier alpha value is -3.68. The highest BCUT2D eigenvalue weighted by Crippen LogP contribution is 2.35. The van der Waals surface area contributed by atoms with Gasteiger partial charge in [0, 0.05) is 24.0 Å². The number of nitrogens with zero attached hydrogens (tertiary/aromatic N) is 4. The van der Waals surface area contributed by atoms with Crippen LogP contribution in [0.2, 0.25) is 0 Å². The van der Waals surface area contributed by atoms with E-state index in [9.17, 15) is 9.50 Å². The van der Waals surface area contributed by atoms with Crippen molar-refractivity contribution in [3.05, 3.63) is 54.4 Å². The van der Waals surface area contributed by atoms with Crippen molar-refractivity contribution in [1.29, 1.82) is 0 Å². The van der Waals surface area contributed by atoms with E-state index in [1.54, 1.807) is 18.5 Å². The number of halogens is 1. The number of hydrogen-bond donors (Lipinski definition) is 1. The highest BCUT2D eigenvalue weighted by atomic mass is 19.1. The molecule has 0 aliphatic carbocycles. The molecular weight excluding hydrogens is 363 g/mol. The first kappa shape index (κ1) is 17.7. The number of ether oxygens (including phenoxy) is 2. The summed E-state index contributed by atoms with van der Waals surface area (Å²) >= 11 is 0. The van der Waals surface area contributed by atoms with Gasteiger partial charge in [-0.05, 0) is 24.6 Å². The molecule has 28 heavy (non-hydrogen) atoms. The van der Waals surface area contributed by atoms with Crippen molar-refractivity contribution in [3.63, 3.8) is 0 Å². The minimum Gasteiger partial charge on any atom is -0.494 e. The van der Waals surface area contributed by atoms with Gasteiger partial charge in [-0.3, -0.25) is 9.55 Å². The normalized spacial score (nSPS) is 11.0. The number of aromatic nitrogens is 4. The quantitative estimate of drug-likeness (QED) is 0.582. The minimum absolute atomic E-state index is 0.0237. The second-order valence-corrected chi connectivity index (χ2v) is 6.20. The Labute approximate surface area is 160 Å². The molecule has 0 bridgehead atoms. The molecule has 142 valence electrons. The van der Waals surface area contributed by atoms with Gasteiger partial charge in [0.1, 0.15) is 5.82 Å². The van der Waals surface area contributed by atoms with E-state index >= 15 is 0 Å². The number of hydrogen-bond acceptors (Lipinski definition) is 6. The molecule has 0 saturated carbocycles. The highest BCUT2D eigenvalue weighted by Gasteiger charge is 2.17. The Morgan fingerprint density at radius 1 is 1.07 bits per heavy atom. The van der Waals surface area contributed by atoms with Crippen molar-refractivity contribution in [2.24, 2.45) is 0 Å². The molecule has 0 amide bonds. The number of rotatable bonds is 4. The van der Waals surface area contributed by atoms with Crippen LogP contribution in [0, 0.1) is 12.7 Å². The molecule has 7 nitrogen and oxygen atoms in total. The molecule has 8 heteroatoms. The molecule has 0 fully saturated rings. The van der Waals surface area contributed by atoms with Gasteiger partial charge in [0.15, 0.2) is 5.75 Å². The van der Waals surface area contributed by atoms with Crippen LogP contribution in [-0.2, 0) is 0 Å². The van der Waals surface area contributed by atoms with Crippen LogP contribution >= 0.6 is 0 Å². The number of aryl methyl sites for hydroxylation is 1. The molecule has 0 unspecified atom stereocenters. The van der Waals surface area contributed by atoms with Crippen molar-refractivity contribution in [3.8, 4) is 34.5 Å². The van der Waals surface area contributed by atoms with Crippen LogP contribution in [0.1, 0.15) is 5.56 Å². The van der Waals surface area contributed by atoms with E-state index in [0.717, 1.165) is 17.3 Å². The third-order valence-corrected chi connectivity index (χ3v) is 4.44. The molecular formula is C20H17FN4O3. The largest absolute Gasteiger partial charge is 0.494 e. The Bertz CT molecular complexity index is 1190. The minimum atomic E-state index is -0.489. The SMILES string of the molecule is COc1cc(-c2cc(C)c3c(O)n(-c4cncc(F)c4)cc3n2)cnc1OC. The summed E-state index contributed by atoms with van der Waals surface area (Å²) in [7, 11) is 3.06. The van der Waals surface area contributed by atoms with Gasteiger partial charge in [0.2, 0.25) is 5.88 Å². The summed E-state index contributed by atoms with van der Waals surface area (Å²) in [5, 5.41) is 11.2. The molecule has 0 aliphatic rings. The molecule has 4 heterocycles. The van der Waals surface area contributed by atoms with Crippen LogP contribution in [0.4, 0.5) is 4.39 Å². The second-order valence-electron chi connectivity index (χ2n) is 6.20. The van der Waals surface area contributed by atoms with E-state index in [0.29, 0.717) is 33.9 Å². The summed E-state index contributed by atoms with van der Waals surface area (Å²) in [6.07, 6.45) is 5.86. The van der Waals surface area contributed by atoms with E-state index in [2.05, 4.69) is 15.0 Å². The third kappa shape index (κ3) is 2.88. The summed E-state index contributed by atoms with van der Waals surface area (Å²) in [5.41, 5.74) is 3.18. The maximum absolute atomic E-state index is 13.5. The lowest BCUT2D eigenvalue weighted by molar-refractivity contribution is 0.343. The zero-order valence-electron chi connectivity index (χ0n) is 15.5. The Morgan fingerprint density at radius 2 is 1.89 bits per heavy atom. The van der Waals surface area contributed by atoms with Gasteiger partial charge in [0.25, 0.3) is 5.88 Å². The smallest absolute Gasteiger partial charge is 0.256 e. The van der Waals surface area contributed by atoms with Crippen molar-refractivity contribution < 1.29 is 19.0 Å². The van der Waals surface area contributed by atoms with E-state index in [-0.39, 0.29) is 5.88 Å². The maximum atomic E-state index is 13.5. The van der Waals surface area contributed by atoms with Gasteiger partial charge >= 0.3 is 0 Å². The molecule has 0 aromatic carbocycles. The van der Waals surface area contributed by atoms with E-state index < -0.39 is 5.82 Å². The molecule has 0 atom stereocenters. The zero-order valence-corrected chi connectivity index (χ0v) is 15.5. The predicted molar refractivity (Wildman–Crippen MR) is 102 cm³/mol. The van der Waals surface area contributed by atoms with Gasteiger partial charge in [-0.2, -0.15) is 0 Å². The molecule has 4 rings (SSSR count). The van der Waals surface area contributed by atoms with Crippen LogP contribution in [0.15, 0.2) is 43.0 Å². The monoisotopic (exact) mass is 380 g/mol. The number of pyridine rings is 3. The van der Waals surface area contributed by atoms with Crippen molar-refractivity contribution >= 4 is 10.9 Å². The molecule has 1 N–H and O–H groups in total. The van der Waals surface area contributed by atoms with Crippen LogP contribution in [0.3, 0.4) is 0 Å². The number of fused-ring (bicyclic) bond motifs is 1. The van der Waals surface area contributed by atoms with Crippen LogP contribution in [0.25, 0.3) is 27.8 Å². The summed E-state index contributed by atoms with van der Waals surface area (Å²) in [6, 6.07) is 4.92. The summed E-state index contributed by atoms with van der Waals surface area (Å²) in [6.45, 7) is 1.87. The third-order valence-electron chi connectivity index (χ3n) is 4.44. The fraction of sp³-hybridized carbons (Fsp3) is 0.150. The molecule has 0 spiro atoms. The van der Waals surface area contributed by atoms with Gasteiger partial charge in [-0.15, -0.1) is 0 Å². The first-order chi connectivity index (χ1) is 13.5. The fourth-order valence-corrected chi connectivity index (χ4v) is 3.13. The lowest BCUT2D eigenvalue weighted by Crippen LogP contribution is -1.95. The molecule has 0 saturated heterocycles. The standard InChI is InChI=1S/C20H17FN4O3/c1-11-4-15(12-5-17(27-2)19(28-3)23-7-12)24-16-10-25(20(26)18(11)16)14-6-13(21)8-22-9-14/h4-10,26H,1-3H3. The lowest BCUT2D eigenvalue weighted by Gasteiger charge is -2.09. The summed E-state index contributed by atoms with van der Waals surface area (Å²) < 4.78 is 25.5. The van der Waals surface area contributed by atoms with Crippen molar-refractivity contribution in [2.75, 3.05) is 14.2 Å². The van der Waals surface area contributed by atoms with Gasteiger partial charge in [-0.25, -0.2) is 14.4 Å². The van der Waals surface area contributed by atoms with Gasteiger partial charge < -0.3 is 14.6 Å². The topological polar surface area (TPSA) is 82.3 Å².